The van der Waals surface area contributed by atoms with Gasteiger partial charge in [-0.1, -0.05) is 29.3 Å². The van der Waals surface area contributed by atoms with Crippen molar-refractivity contribution in [1.29, 1.82) is 0 Å². The number of hydrogen-bond donors (Lipinski definition) is 0. The van der Waals surface area contributed by atoms with E-state index in [-0.39, 0.29) is 17.2 Å². The summed E-state index contributed by atoms with van der Waals surface area (Å²) in [6.07, 6.45) is 1.92. The van der Waals surface area contributed by atoms with E-state index in [2.05, 4.69) is 22.9 Å². The van der Waals surface area contributed by atoms with Gasteiger partial charge in [-0.3, -0.25) is 19.7 Å². The Kier molecular flexibility index (Phi) is 4.72. The van der Waals surface area contributed by atoms with Crippen molar-refractivity contribution >= 4 is 39.0 Å². The Bertz CT molecular complexity index is 603. The Morgan fingerprint density at radius 2 is 2.10 bits per heavy atom. The van der Waals surface area contributed by atoms with Crippen LogP contribution in [0.3, 0.4) is 0 Å². The predicted octanol–water partition coefficient (Wildman–Crippen LogP) is 2.94. The molecule has 2 rings (SSSR count). The molecule has 0 aromatic heterocycles. The van der Waals surface area contributed by atoms with Crippen LogP contribution in [0, 0.1) is 16.0 Å². The number of fused-ring (bicyclic) bond motifs is 1. The zero-order valence-electron chi connectivity index (χ0n) is 11.5. The number of ketones is 1. The molecule has 6 nitrogen and oxygen atoms in total. The fourth-order valence-electron chi connectivity index (χ4n) is 2.47. The zero-order chi connectivity index (χ0) is 15.6. The van der Waals surface area contributed by atoms with Crippen LogP contribution in [0.25, 0.3) is 0 Å². The molecule has 1 aromatic rings. The Labute approximate surface area is 130 Å². The first-order valence-electron chi connectivity index (χ1n) is 6.70. The van der Waals surface area contributed by atoms with E-state index >= 15 is 0 Å². The molecule has 0 bridgehead atoms. The number of carbonyl (C=O) groups is 2. The molecule has 0 saturated heterocycles. The van der Waals surface area contributed by atoms with Gasteiger partial charge < -0.3 is 4.90 Å². The van der Waals surface area contributed by atoms with E-state index < -0.39 is 16.6 Å². The minimum absolute atomic E-state index is 0.124. The quantitative estimate of drug-likeness (QED) is 0.340. The number of benzene rings is 1. The lowest BCUT2D eigenvalue weighted by Gasteiger charge is -2.22. The number of nitro benzene ring substituents is 1. The molecule has 112 valence electrons. The fraction of sp³-hybridized carbons (Fsp3) is 0.429. The number of amides is 1. The molecule has 1 aromatic carbocycles. The lowest BCUT2D eigenvalue weighted by molar-refractivity contribution is -0.384. The van der Waals surface area contributed by atoms with Crippen molar-refractivity contribution in [2.24, 2.45) is 5.92 Å². The number of alkyl halides is 1. The highest BCUT2D eigenvalue weighted by Crippen LogP contribution is 2.33. The summed E-state index contributed by atoms with van der Waals surface area (Å²) in [5.41, 5.74) is 0.416. The van der Waals surface area contributed by atoms with Gasteiger partial charge in [0.15, 0.2) is 0 Å². The summed E-state index contributed by atoms with van der Waals surface area (Å²) >= 11 is 3.42. The van der Waals surface area contributed by atoms with Crippen molar-refractivity contribution in [3.63, 3.8) is 0 Å². The van der Waals surface area contributed by atoms with E-state index in [1.54, 1.807) is 0 Å². The first-order valence-corrected chi connectivity index (χ1v) is 7.82. The van der Waals surface area contributed by atoms with Gasteiger partial charge >= 0.3 is 0 Å². The van der Waals surface area contributed by atoms with E-state index in [1.165, 1.54) is 23.1 Å². The smallest absolute Gasteiger partial charge is 0.299 e. The topological polar surface area (TPSA) is 80.5 Å². The number of Topliss-reactive ketones (excluding diaryl/α,β-unsaturated/α-hetero) is 1. The van der Waals surface area contributed by atoms with E-state index in [4.69, 9.17) is 0 Å². The summed E-state index contributed by atoms with van der Waals surface area (Å²) in [7, 11) is 0. The Balaban J connectivity index is 2.33. The Hall–Kier alpha value is -1.76. The van der Waals surface area contributed by atoms with Crippen LogP contribution >= 0.6 is 15.9 Å². The van der Waals surface area contributed by atoms with Gasteiger partial charge in [0, 0.05) is 24.0 Å². The van der Waals surface area contributed by atoms with Crippen LogP contribution in [-0.2, 0) is 4.79 Å². The third-order valence-corrected chi connectivity index (χ3v) is 4.44. The molecule has 0 spiro atoms. The van der Waals surface area contributed by atoms with Gasteiger partial charge in [0.2, 0.25) is 0 Å². The van der Waals surface area contributed by atoms with Crippen LogP contribution in [0.15, 0.2) is 18.2 Å². The van der Waals surface area contributed by atoms with Gasteiger partial charge in [-0.25, -0.2) is 0 Å². The number of carbonyl (C=O) groups excluding carboxylic acids is 2. The lowest BCUT2D eigenvalue weighted by atomic mass is 10.1. The highest BCUT2D eigenvalue weighted by molar-refractivity contribution is 9.09. The largest absolute Gasteiger partial charge is 0.304 e. The molecule has 1 heterocycles. The van der Waals surface area contributed by atoms with Crippen LogP contribution in [0.2, 0.25) is 0 Å². The normalized spacial score (nSPS) is 15.2. The molecule has 1 unspecified atom stereocenters. The SMILES string of the molecule is CCCC(CBr)CN1C(=O)C(=O)c2cc([N+](=O)[O-])ccc21. The van der Waals surface area contributed by atoms with Crippen molar-refractivity contribution < 1.29 is 14.5 Å². The molecular weight excluding hydrogens is 340 g/mol. The minimum Gasteiger partial charge on any atom is -0.304 e. The molecule has 0 saturated carbocycles. The van der Waals surface area contributed by atoms with E-state index in [9.17, 15) is 19.7 Å². The minimum atomic E-state index is -0.668. The molecule has 0 fully saturated rings. The van der Waals surface area contributed by atoms with Crippen LogP contribution in [0.4, 0.5) is 11.4 Å². The number of anilines is 1. The number of nitrogens with zero attached hydrogens (tertiary/aromatic N) is 2. The molecule has 0 N–H and O–H groups in total. The van der Waals surface area contributed by atoms with E-state index in [0.717, 1.165) is 18.2 Å². The van der Waals surface area contributed by atoms with Crippen LogP contribution < -0.4 is 4.90 Å². The molecule has 0 aliphatic carbocycles. The average molecular weight is 355 g/mol. The van der Waals surface area contributed by atoms with Gasteiger partial charge in [-0.2, -0.15) is 0 Å². The van der Waals surface area contributed by atoms with Crippen molar-refractivity contribution in [1.82, 2.24) is 0 Å². The summed E-state index contributed by atoms with van der Waals surface area (Å²) in [4.78, 5) is 35.7. The van der Waals surface area contributed by atoms with E-state index in [1.807, 2.05) is 0 Å². The number of nitro groups is 1. The van der Waals surface area contributed by atoms with Gasteiger partial charge in [0.05, 0.1) is 16.2 Å². The first-order chi connectivity index (χ1) is 9.99. The highest BCUT2D eigenvalue weighted by atomic mass is 79.9. The van der Waals surface area contributed by atoms with Gasteiger partial charge in [-0.15, -0.1) is 0 Å². The lowest BCUT2D eigenvalue weighted by Crippen LogP contribution is -2.34. The first kappa shape index (κ1) is 15.6. The molecule has 1 atom stereocenters. The third-order valence-electron chi connectivity index (χ3n) is 3.52. The van der Waals surface area contributed by atoms with Crippen LogP contribution in [-0.4, -0.2) is 28.5 Å². The summed E-state index contributed by atoms with van der Waals surface area (Å²) in [6.45, 7) is 2.50. The maximum Gasteiger partial charge on any atom is 0.299 e. The van der Waals surface area contributed by atoms with Crippen molar-refractivity contribution in [2.75, 3.05) is 16.8 Å². The number of halogens is 1. The van der Waals surface area contributed by atoms with Crippen molar-refractivity contribution in [2.45, 2.75) is 19.8 Å². The van der Waals surface area contributed by atoms with Crippen molar-refractivity contribution in [3.05, 3.63) is 33.9 Å². The Morgan fingerprint density at radius 3 is 2.67 bits per heavy atom. The van der Waals surface area contributed by atoms with Crippen LogP contribution in [0.5, 0.6) is 0 Å². The molecular formula is C14H15BrN2O4. The van der Waals surface area contributed by atoms with E-state index in [0.29, 0.717) is 12.2 Å². The van der Waals surface area contributed by atoms with Gasteiger partial charge in [0.1, 0.15) is 0 Å². The van der Waals surface area contributed by atoms with Crippen LogP contribution in [0.1, 0.15) is 30.1 Å². The third kappa shape index (κ3) is 2.97. The second-order valence-corrected chi connectivity index (χ2v) is 5.66. The maximum absolute atomic E-state index is 12.1. The van der Waals surface area contributed by atoms with Gasteiger partial charge in [0.25, 0.3) is 17.4 Å². The highest BCUT2D eigenvalue weighted by Gasteiger charge is 2.37. The molecule has 0 radical (unpaired) electrons. The number of non-ortho nitro benzene ring substituents is 1. The molecule has 7 heteroatoms. The number of hydrogen-bond acceptors (Lipinski definition) is 4. The summed E-state index contributed by atoms with van der Waals surface area (Å²) in [6, 6.07) is 3.98. The number of rotatable bonds is 6. The summed E-state index contributed by atoms with van der Waals surface area (Å²) in [5, 5.41) is 11.5. The monoisotopic (exact) mass is 354 g/mol. The molecule has 1 amide bonds. The molecule has 1 aliphatic heterocycles. The molecule has 21 heavy (non-hydrogen) atoms. The predicted molar refractivity (Wildman–Crippen MR) is 82.0 cm³/mol. The summed E-state index contributed by atoms with van der Waals surface area (Å²) < 4.78 is 0. The van der Waals surface area contributed by atoms with Gasteiger partial charge in [-0.05, 0) is 18.4 Å². The van der Waals surface area contributed by atoms with Crippen molar-refractivity contribution in [3.8, 4) is 0 Å². The maximum atomic E-state index is 12.1. The molecule has 1 aliphatic rings. The Morgan fingerprint density at radius 1 is 1.38 bits per heavy atom. The standard InChI is InChI=1S/C14H15BrN2O4/c1-2-3-9(7-15)8-16-12-5-4-10(17(20)21)6-11(12)13(18)14(16)19/h4-6,9H,2-3,7-8H2,1H3. The zero-order valence-corrected chi connectivity index (χ0v) is 13.1. The second kappa shape index (κ2) is 6.34. The average Bonchev–Trinajstić information content (AvgIpc) is 2.71. The second-order valence-electron chi connectivity index (χ2n) is 5.01. The fourth-order valence-corrected chi connectivity index (χ4v) is 3.00. The summed E-state index contributed by atoms with van der Waals surface area (Å²) in [5.74, 6) is -1.03.